The molecule has 2 aromatic heterocycles. The fraction of sp³-hybridized carbons (Fsp3) is 0.318. The Morgan fingerprint density at radius 3 is 2.43 bits per heavy atom. The molecule has 1 unspecified atom stereocenters. The summed E-state index contributed by atoms with van der Waals surface area (Å²) in [6.07, 6.45) is 0. The topological polar surface area (TPSA) is 67.7 Å². The molecule has 1 fully saturated rings. The lowest BCUT2D eigenvalue weighted by atomic mass is 10.2. The molecule has 3 aromatic rings. The molecule has 0 N–H and O–H groups in total. The van der Waals surface area contributed by atoms with Crippen LogP contribution in [0.3, 0.4) is 0 Å². The Morgan fingerprint density at radius 1 is 1.07 bits per heavy atom. The van der Waals surface area contributed by atoms with Gasteiger partial charge < -0.3 is 14.5 Å². The van der Waals surface area contributed by atoms with Gasteiger partial charge in [0.15, 0.2) is 0 Å². The molecule has 3 heterocycles. The monoisotopic (exact) mass is 424 g/mol. The maximum atomic E-state index is 13.1. The number of thiophene rings is 1. The van der Waals surface area contributed by atoms with Crippen LogP contribution in [0.5, 0.6) is 5.75 Å². The van der Waals surface area contributed by atoms with E-state index in [-0.39, 0.29) is 11.5 Å². The van der Waals surface area contributed by atoms with Crippen molar-refractivity contribution in [1.82, 2.24) is 14.7 Å². The van der Waals surface area contributed by atoms with Gasteiger partial charge in [0.2, 0.25) is 5.91 Å². The Labute approximate surface area is 179 Å². The molecule has 1 atom stereocenters. The lowest BCUT2D eigenvalue weighted by Gasteiger charge is -2.37. The quantitative estimate of drug-likeness (QED) is 0.630. The third-order valence-corrected chi connectivity index (χ3v) is 6.24. The second-order valence-corrected chi connectivity index (χ2v) is 8.11. The largest absolute Gasteiger partial charge is 0.497 e. The minimum atomic E-state index is -0.648. The fourth-order valence-electron chi connectivity index (χ4n) is 3.61. The zero-order chi connectivity index (χ0) is 21.1. The number of amides is 1. The summed E-state index contributed by atoms with van der Waals surface area (Å²) in [5, 5.41) is 6.42. The fourth-order valence-corrected chi connectivity index (χ4v) is 4.30. The highest BCUT2D eigenvalue weighted by Crippen LogP contribution is 2.23. The molecule has 0 aliphatic carbocycles. The Balaban J connectivity index is 1.44. The van der Waals surface area contributed by atoms with Gasteiger partial charge in [-0.25, -0.2) is 4.68 Å². The van der Waals surface area contributed by atoms with Crippen molar-refractivity contribution >= 4 is 22.9 Å². The van der Waals surface area contributed by atoms with E-state index in [4.69, 9.17) is 4.74 Å². The van der Waals surface area contributed by atoms with Gasteiger partial charge in [0, 0.05) is 37.9 Å². The lowest BCUT2D eigenvalue weighted by molar-refractivity contribution is -0.135. The zero-order valence-corrected chi connectivity index (χ0v) is 17.8. The van der Waals surface area contributed by atoms with E-state index in [9.17, 15) is 9.59 Å². The minimum absolute atomic E-state index is 0.0812. The number of hydrogen-bond acceptors (Lipinski definition) is 6. The van der Waals surface area contributed by atoms with Crippen molar-refractivity contribution in [3.05, 3.63) is 64.3 Å². The maximum absolute atomic E-state index is 13.1. The maximum Gasteiger partial charge on any atom is 0.267 e. The minimum Gasteiger partial charge on any atom is -0.497 e. The third-order valence-electron chi connectivity index (χ3n) is 5.35. The van der Waals surface area contributed by atoms with Gasteiger partial charge >= 0.3 is 0 Å². The Hall–Kier alpha value is -3.13. The number of ether oxygens (including phenoxy) is 1. The Kier molecular flexibility index (Phi) is 5.85. The van der Waals surface area contributed by atoms with Gasteiger partial charge in [0.05, 0.1) is 12.0 Å². The first-order valence-electron chi connectivity index (χ1n) is 9.88. The summed E-state index contributed by atoms with van der Waals surface area (Å²) in [6, 6.07) is 14.4. The van der Waals surface area contributed by atoms with Crippen LogP contribution in [0.1, 0.15) is 13.0 Å². The van der Waals surface area contributed by atoms with E-state index in [1.807, 2.05) is 46.7 Å². The molecular formula is C22H24N4O3S. The molecule has 30 heavy (non-hydrogen) atoms. The van der Waals surface area contributed by atoms with Crippen LogP contribution in [-0.4, -0.2) is 53.9 Å². The normalized spacial score (nSPS) is 15.1. The van der Waals surface area contributed by atoms with Crippen LogP contribution >= 0.6 is 11.3 Å². The number of carbonyl (C=O) groups is 1. The van der Waals surface area contributed by atoms with Gasteiger partial charge in [-0.15, -0.1) is 11.3 Å². The van der Waals surface area contributed by atoms with E-state index >= 15 is 0 Å². The third kappa shape index (κ3) is 4.09. The lowest BCUT2D eigenvalue weighted by Crippen LogP contribution is -2.51. The first-order valence-corrected chi connectivity index (χ1v) is 10.8. The van der Waals surface area contributed by atoms with E-state index < -0.39 is 6.04 Å². The predicted octanol–water partition coefficient (Wildman–Crippen LogP) is 2.89. The van der Waals surface area contributed by atoms with E-state index in [1.165, 1.54) is 10.7 Å². The van der Waals surface area contributed by atoms with Crippen molar-refractivity contribution < 1.29 is 9.53 Å². The van der Waals surface area contributed by atoms with Crippen molar-refractivity contribution in [2.75, 3.05) is 38.2 Å². The number of anilines is 1. The molecule has 7 nitrogen and oxygen atoms in total. The highest BCUT2D eigenvalue weighted by atomic mass is 32.1. The molecule has 0 saturated carbocycles. The standard InChI is InChI=1S/C22H24N4O3S/c1-16(26-21(27)10-9-19(23-26)20-4-3-15-30-20)22(28)25-13-11-24(12-14-25)17-5-7-18(29-2)8-6-17/h3-10,15-16H,11-14H2,1-2H3. The molecule has 4 rings (SSSR count). The van der Waals surface area contributed by atoms with Crippen molar-refractivity contribution in [2.24, 2.45) is 0 Å². The average Bonchev–Trinajstić information content (AvgIpc) is 3.34. The van der Waals surface area contributed by atoms with Gasteiger partial charge in [-0.05, 0) is 48.7 Å². The predicted molar refractivity (Wildman–Crippen MR) is 118 cm³/mol. The number of carbonyl (C=O) groups excluding carboxylic acids is 1. The molecule has 1 aliphatic heterocycles. The molecule has 1 saturated heterocycles. The van der Waals surface area contributed by atoms with Crippen LogP contribution in [0.4, 0.5) is 5.69 Å². The Morgan fingerprint density at radius 2 is 1.80 bits per heavy atom. The molecule has 1 amide bonds. The van der Waals surface area contributed by atoms with E-state index in [0.717, 1.165) is 29.4 Å². The first kappa shape index (κ1) is 20.2. The van der Waals surface area contributed by atoms with Crippen LogP contribution in [0.25, 0.3) is 10.6 Å². The van der Waals surface area contributed by atoms with Crippen molar-refractivity contribution in [1.29, 1.82) is 0 Å². The van der Waals surface area contributed by atoms with Gasteiger partial charge in [-0.3, -0.25) is 9.59 Å². The van der Waals surface area contributed by atoms with Crippen molar-refractivity contribution in [3.8, 4) is 16.3 Å². The number of rotatable bonds is 5. The first-order chi connectivity index (χ1) is 14.6. The van der Waals surface area contributed by atoms with E-state index in [2.05, 4.69) is 10.00 Å². The van der Waals surface area contributed by atoms with Crippen LogP contribution < -0.4 is 15.2 Å². The van der Waals surface area contributed by atoms with Gasteiger partial charge in [0.1, 0.15) is 17.5 Å². The van der Waals surface area contributed by atoms with Crippen molar-refractivity contribution in [2.45, 2.75) is 13.0 Å². The molecule has 1 aliphatic rings. The number of methoxy groups -OCH3 is 1. The number of piperazine rings is 1. The highest BCUT2D eigenvalue weighted by molar-refractivity contribution is 7.13. The van der Waals surface area contributed by atoms with Gasteiger partial charge in [-0.2, -0.15) is 5.10 Å². The average molecular weight is 425 g/mol. The Bertz CT molecular complexity index is 1050. The summed E-state index contributed by atoms with van der Waals surface area (Å²) in [5.74, 6) is 0.742. The smallest absolute Gasteiger partial charge is 0.267 e. The zero-order valence-electron chi connectivity index (χ0n) is 17.0. The number of hydrogen-bond donors (Lipinski definition) is 0. The van der Waals surface area contributed by atoms with Gasteiger partial charge in [-0.1, -0.05) is 6.07 Å². The van der Waals surface area contributed by atoms with E-state index in [1.54, 1.807) is 31.4 Å². The molecule has 1 aromatic carbocycles. The molecule has 0 spiro atoms. The molecular weight excluding hydrogens is 400 g/mol. The molecule has 0 radical (unpaired) electrons. The summed E-state index contributed by atoms with van der Waals surface area (Å²) < 4.78 is 6.51. The number of aromatic nitrogens is 2. The summed E-state index contributed by atoms with van der Waals surface area (Å²) in [7, 11) is 1.65. The van der Waals surface area contributed by atoms with Crippen LogP contribution in [0.15, 0.2) is 58.7 Å². The SMILES string of the molecule is COc1ccc(N2CCN(C(=O)C(C)n3nc(-c4cccs4)ccc3=O)CC2)cc1. The molecule has 8 heteroatoms. The van der Waals surface area contributed by atoms with Crippen LogP contribution in [0, 0.1) is 0 Å². The van der Waals surface area contributed by atoms with Gasteiger partial charge in [0.25, 0.3) is 5.56 Å². The highest BCUT2D eigenvalue weighted by Gasteiger charge is 2.27. The van der Waals surface area contributed by atoms with E-state index in [0.29, 0.717) is 18.8 Å². The van der Waals surface area contributed by atoms with Crippen LogP contribution in [-0.2, 0) is 4.79 Å². The number of nitrogens with zero attached hydrogens (tertiary/aromatic N) is 4. The van der Waals surface area contributed by atoms with Crippen LogP contribution in [0.2, 0.25) is 0 Å². The summed E-state index contributed by atoms with van der Waals surface area (Å²) in [5.41, 5.74) is 1.54. The van der Waals surface area contributed by atoms with Crippen molar-refractivity contribution in [3.63, 3.8) is 0 Å². The summed E-state index contributed by atoms with van der Waals surface area (Å²) in [4.78, 5) is 30.5. The summed E-state index contributed by atoms with van der Waals surface area (Å²) >= 11 is 1.55. The second kappa shape index (κ2) is 8.71. The number of benzene rings is 1. The summed E-state index contributed by atoms with van der Waals surface area (Å²) in [6.45, 7) is 4.43. The second-order valence-electron chi connectivity index (χ2n) is 7.17. The molecule has 156 valence electrons. The molecule has 0 bridgehead atoms.